The van der Waals surface area contributed by atoms with Gasteiger partial charge in [0.05, 0.1) is 15.5 Å². The summed E-state index contributed by atoms with van der Waals surface area (Å²) < 4.78 is 55.3. The summed E-state index contributed by atoms with van der Waals surface area (Å²) in [5.74, 6) is -0.528. The number of carboxylic acid groups (broad SMARTS) is 1. The molecule has 182 valence electrons. The van der Waals surface area contributed by atoms with Crippen molar-refractivity contribution in [1.29, 1.82) is 0 Å². The molecule has 35 heavy (non-hydrogen) atoms. The molecule has 2 aromatic carbocycles. The van der Waals surface area contributed by atoms with Crippen molar-refractivity contribution >= 4 is 33.2 Å². The number of carbonyl (C=O) groups is 1. The number of alkyl halides is 3. The van der Waals surface area contributed by atoms with Gasteiger partial charge in [0, 0.05) is 24.9 Å². The van der Waals surface area contributed by atoms with E-state index in [9.17, 15) is 27.3 Å². The van der Waals surface area contributed by atoms with Crippen molar-refractivity contribution in [2.75, 3.05) is 12.8 Å². The quantitative estimate of drug-likeness (QED) is 0.442. The highest BCUT2D eigenvalue weighted by Crippen LogP contribution is 2.44. The SMILES string of the molecule is CS(=O)(Cc1ccc(C(F)(F)F)nc1)=NC(=S)N(CC1c2ccccc2-c2ccccc21)C(=O)O. The lowest BCUT2D eigenvalue weighted by Gasteiger charge is -2.23. The first-order chi connectivity index (χ1) is 16.5. The van der Waals surface area contributed by atoms with Crippen LogP contribution >= 0.6 is 12.2 Å². The number of amides is 1. The van der Waals surface area contributed by atoms with E-state index in [0.29, 0.717) is 0 Å². The van der Waals surface area contributed by atoms with Crippen molar-refractivity contribution in [3.8, 4) is 11.1 Å². The molecule has 0 spiro atoms. The van der Waals surface area contributed by atoms with Gasteiger partial charge in [0.15, 0.2) is 0 Å². The molecule has 3 aromatic rings. The van der Waals surface area contributed by atoms with Gasteiger partial charge in [0.25, 0.3) is 0 Å². The molecule has 6 nitrogen and oxygen atoms in total. The van der Waals surface area contributed by atoms with E-state index in [1.54, 1.807) is 0 Å². The molecule has 1 aromatic heterocycles. The summed E-state index contributed by atoms with van der Waals surface area (Å²) in [6.45, 7) is -0.0248. The average molecular weight is 520 g/mol. The zero-order chi connectivity index (χ0) is 25.4. The molecule has 1 N–H and O–H groups in total. The van der Waals surface area contributed by atoms with E-state index in [-0.39, 0.29) is 28.9 Å². The Kier molecular flexibility index (Phi) is 6.65. The standard InChI is InChI=1S/C24H20F3N3O3S2/c1-35(33,14-15-10-11-21(28-12-15)24(25,26)27)29-22(34)30(23(31)32)13-20-18-8-4-2-6-16(18)17-7-3-5-9-19(17)20/h2-12,20H,13-14H2,1H3,(H,31,32). The molecule has 0 radical (unpaired) electrons. The normalized spacial score (nSPS) is 14.5. The minimum absolute atomic E-state index is 0.0248. The Labute approximate surface area is 205 Å². The molecule has 1 aliphatic rings. The molecule has 11 heteroatoms. The van der Waals surface area contributed by atoms with Gasteiger partial charge in [0.1, 0.15) is 5.69 Å². The number of rotatable bonds is 4. The topological polar surface area (TPSA) is 82.9 Å². The maximum atomic E-state index is 13.1. The molecule has 0 saturated carbocycles. The highest BCUT2D eigenvalue weighted by molar-refractivity contribution is 7.93. The monoisotopic (exact) mass is 519 g/mol. The molecule has 1 unspecified atom stereocenters. The van der Waals surface area contributed by atoms with Crippen LogP contribution < -0.4 is 0 Å². The smallest absolute Gasteiger partial charge is 0.433 e. The van der Waals surface area contributed by atoms with Crippen LogP contribution in [0, 0.1) is 0 Å². The Morgan fingerprint density at radius 1 is 1.09 bits per heavy atom. The van der Waals surface area contributed by atoms with Gasteiger partial charge in [-0.05, 0) is 46.1 Å². The van der Waals surface area contributed by atoms with Gasteiger partial charge >= 0.3 is 12.3 Å². The van der Waals surface area contributed by atoms with E-state index >= 15 is 0 Å². The van der Waals surface area contributed by atoms with Gasteiger partial charge < -0.3 is 5.11 Å². The van der Waals surface area contributed by atoms with Crippen LogP contribution in [-0.4, -0.2) is 43.2 Å². The van der Waals surface area contributed by atoms with Gasteiger partial charge in [0.2, 0.25) is 5.11 Å². The van der Waals surface area contributed by atoms with Crippen molar-refractivity contribution in [1.82, 2.24) is 9.88 Å². The number of fused-ring (bicyclic) bond motifs is 3. The Balaban J connectivity index is 1.58. The molecule has 0 fully saturated rings. The Morgan fingerprint density at radius 3 is 2.14 bits per heavy atom. The third-order valence-corrected chi connectivity index (χ3v) is 7.47. The van der Waals surface area contributed by atoms with E-state index in [4.69, 9.17) is 12.2 Å². The minimum atomic E-state index is -4.59. The van der Waals surface area contributed by atoms with Crippen LogP contribution in [0.5, 0.6) is 0 Å². The fourth-order valence-corrected chi connectivity index (χ4v) is 6.02. The van der Waals surface area contributed by atoms with Crippen molar-refractivity contribution in [2.24, 2.45) is 4.36 Å². The van der Waals surface area contributed by atoms with Gasteiger partial charge in [-0.2, -0.15) is 17.5 Å². The van der Waals surface area contributed by atoms with E-state index in [0.717, 1.165) is 39.4 Å². The molecule has 0 aliphatic heterocycles. The molecule has 1 aliphatic carbocycles. The zero-order valence-electron chi connectivity index (χ0n) is 18.4. The first kappa shape index (κ1) is 24.8. The predicted octanol–water partition coefficient (Wildman–Crippen LogP) is 5.78. The summed E-state index contributed by atoms with van der Waals surface area (Å²) >= 11 is 5.25. The second-order valence-electron chi connectivity index (χ2n) is 8.15. The van der Waals surface area contributed by atoms with E-state index in [1.165, 1.54) is 12.3 Å². The van der Waals surface area contributed by atoms with Gasteiger partial charge in [-0.25, -0.2) is 9.00 Å². The summed E-state index contributed by atoms with van der Waals surface area (Å²) in [7, 11) is -3.11. The lowest BCUT2D eigenvalue weighted by atomic mass is 9.96. The van der Waals surface area contributed by atoms with Crippen molar-refractivity contribution in [2.45, 2.75) is 17.8 Å². The molecule has 4 rings (SSSR count). The molecule has 1 atom stereocenters. The number of aromatic nitrogens is 1. The Bertz CT molecular complexity index is 1370. The number of pyridine rings is 1. The second kappa shape index (κ2) is 9.38. The van der Waals surface area contributed by atoms with E-state index < -0.39 is 27.7 Å². The number of hydrogen-bond donors (Lipinski definition) is 1. The van der Waals surface area contributed by atoms with Crippen molar-refractivity contribution < 1.29 is 27.3 Å². The Morgan fingerprint density at radius 2 is 1.66 bits per heavy atom. The molecular weight excluding hydrogens is 499 g/mol. The molecular formula is C24H20F3N3O3S2. The van der Waals surface area contributed by atoms with Crippen LogP contribution in [0.25, 0.3) is 11.1 Å². The number of nitrogens with zero attached hydrogens (tertiary/aromatic N) is 3. The predicted molar refractivity (Wildman–Crippen MR) is 130 cm³/mol. The van der Waals surface area contributed by atoms with Gasteiger partial charge in [-0.3, -0.25) is 9.88 Å². The third-order valence-electron chi connectivity index (χ3n) is 5.61. The molecule has 0 bridgehead atoms. The highest BCUT2D eigenvalue weighted by atomic mass is 32.2. The lowest BCUT2D eigenvalue weighted by Crippen LogP contribution is -2.37. The fourth-order valence-electron chi connectivity index (χ4n) is 4.11. The van der Waals surface area contributed by atoms with E-state index in [1.807, 2.05) is 48.5 Å². The first-order valence-electron chi connectivity index (χ1n) is 10.4. The van der Waals surface area contributed by atoms with Crippen LogP contribution in [0.15, 0.2) is 71.2 Å². The maximum Gasteiger partial charge on any atom is 0.433 e. The third kappa shape index (κ3) is 5.35. The van der Waals surface area contributed by atoms with E-state index in [2.05, 4.69) is 9.35 Å². The first-order valence-corrected chi connectivity index (χ1v) is 12.9. The maximum absolute atomic E-state index is 13.1. The van der Waals surface area contributed by atoms with Gasteiger partial charge in [-0.1, -0.05) is 54.6 Å². The number of halogens is 3. The van der Waals surface area contributed by atoms with Gasteiger partial charge in [-0.15, -0.1) is 0 Å². The average Bonchev–Trinajstić information content (AvgIpc) is 3.10. The van der Waals surface area contributed by atoms with Crippen LogP contribution in [0.4, 0.5) is 18.0 Å². The van der Waals surface area contributed by atoms with Crippen molar-refractivity contribution in [3.05, 3.63) is 89.2 Å². The largest absolute Gasteiger partial charge is 0.465 e. The summed E-state index contributed by atoms with van der Waals surface area (Å²) in [5, 5.41) is 9.49. The summed E-state index contributed by atoms with van der Waals surface area (Å²) in [6, 6.07) is 17.3. The highest BCUT2D eigenvalue weighted by Gasteiger charge is 2.33. The van der Waals surface area contributed by atoms with Crippen LogP contribution in [0.2, 0.25) is 0 Å². The summed E-state index contributed by atoms with van der Waals surface area (Å²) in [6.07, 6.45) is -3.67. The van der Waals surface area contributed by atoms with Crippen molar-refractivity contribution in [3.63, 3.8) is 0 Å². The lowest BCUT2D eigenvalue weighted by molar-refractivity contribution is -0.141. The summed E-state index contributed by atoms with van der Waals surface area (Å²) in [4.78, 5) is 16.3. The fraction of sp³-hybridized carbons (Fsp3) is 0.208. The molecule has 1 heterocycles. The van der Waals surface area contributed by atoms with Crippen LogP contribution in [-0.2, 0) is 21.7 Å². The minimum Gasteiger partial charge on any atom is -0.465 e. The number of thiocarbonyl (C=S) groups is 1. The zero-order valence-corrected chi connectivity index (χ0v) is 20.0. The Hall–Kier alpha value is -3.31. The van der Waals surface area contributed by atoms with Crippen LogP contribution in [0.3, 0.4) is 0 Å². The van der Waals surface area contributed by atoms with Crippen LogP contribution in [0.1, 0.15) is 28.3 Å². The second-order valence-corrected chi connectivity index (χ2v) is 10.9. The summed E-state index contributed by atoms with van der Waals surface area (Å²) in [5.41, 5.74) is 3.13. The molecule has 1 amide bonds. The number of hydrogen-bond acceptors (Lipinski definition) is 4. The number of benzene rings is 2. The molecule has 0 saturated heterocycles.